The van der Waals surface area contributed by atoms with Gasteiger partial charge in [0.15, 0.2) is 10.8 Å². The summed E-state index contributed by atoms with van der Waals surface area (Å²) in [6.45, 7) is 2.91. The fraction of sp³-hybridized carbons (Fsp3) is 0.389. The molecule has 1 aliphatic rings. The van der Waals surface area contributed by atoms with Crippen molar-refractivity contribution in [2.45, 2.75) is 24.5 Å². The highest BCUT2D eigenvalue weighted by molar-refractivity contribution is 7.98. The minimum Gasteiger partial charge on any atom is -0.356 e. The first kappa shape index (κ1) is 18.9. The standard InChI is InChI=1S/C18H20ClN7OS/c1-28-18-23-15(25-8-2-3-9-25)13-11-22-26(16(13)24-18)10-7-21-17(27)12-5-4-6-20-14(12)19/h4-6,11H,2-3,7-10H2,1H3,(H,21,27). The third-order valence-electron chi connectivity index (χ3n) is 4.66. The number of halogens is 1. The maximum atomic E-state index is 12.3. The van der Waals surface area contributed by atoms with Gasteiger partial charge in [-0.05, 0) is 31.2 Å². The van der Waals surface area contributed by atoms with Crippen LogP contribution in [0.3, 0.4) is 0 Å². The van der Waals surface area contributed by atoms with E-state index >= 15 is 0 Å². The van der Waals surface area contributed by atoms with E-state index in [1.54, 1.807) is 23.0 Å². The number of pyridine rings is 1. The van der Waals surface area contributed by atoms with Crippen LogP contribution in [0.4, 0.5) is 5.82 Å². The van der Waals surface area contributed by atoms with Gasteiger partial charge in [-0.25, -0.2) is 19.6 Å². The molecular formula is C18H20ClN7OS. The van der Waals surface area contributed by atoms with Crippen LogP contribution < -0.4 is 10.2 Å². The summed E-state index contributed by atoms with van der Waals surface area (Å²) in [6.07, 6.45) is 7.69. The molecule has 0 aromatic carbocycles. The van der Waals surface area contributed by atoms with Gasteiger partial charge >= 0.3 is 0 Å². The third kappa shape index (κ3) is 3.77. The number of anilines is 1. The van der Waals surface area contributed by atoms with Gasteiger partial charge in [-0.3, -0.25) is 4.79 Å². The second-order valence-corrected chi connectivity index (χ2v) is 7.56. The van der Waals surface area contributed by atoms with E-state index in [0.29, 0.717) is 18.7 Å². The molecule has 0 unspecified atom stereocenters. The monoisotopic (exact) mass is 417 g/mol. The Morgan fingerprint density at radius 2 is 2.14 bits per heavy atom. The Kier molecular flexibility index (Phi) is 5.63. The number of aromatic nitrogens is 5. The normalized spacial score (nSPS) is 14.0. The number of nitrogens with zero attached hydrogens (tertiary/aromatic N) is 6. The molecular weight excluding hydrogens is 398 g/mol. The van der Waals surface area contributed by atoms with E-state index in [2.05, 4.69) is 25.3 Å². The van der Waals surface area contributed by atoms with Crippen LogP contribution in [0.2, 0.25) is 5.15 Å². The Hall–Kier alpha value is -2.39. The van der Waals surface area contributed by atoms with E-state index in [9.17, 15) is 4.79 Å². The van der Waals surface area contributed by atoms with E-state index in [0.717, 1.165) is 35.1 Å². The van der Waals surface area contributed by atoms with Gasteiger partial charge in [0.05, 0.1) is 23.7 Å². The topological polar surface area (TPSA) is 88.8 Å². The summed E-state index contributed by atoms with van der Waals surface area (Å²) in [6, 6.07) is 3.33. The minimum absolute atomic E-state index is 0.192. The van der Waals surface area contributed by atoms with Crippen molar-refractivity contribution in [3.8, 4) is 0 Å². The summed E-state index contributed by atoms with van der Waals surface area (Å²) in [5.41, 5.74) is 1.15. The summed E-state index contributed by atoms with van der Waals surface area (Å²) < 4.78 is 1.81. The van der Waals surface area contributed by atoms with Crippen LogP contribution in [-0.4, -0.2) is 56.5 Å². The zero-order valence-electron chi connectivity index (χ0n) is 15.4. The molecule has 1 amide bonds. The number of rotatable bonds is 6. The van der Waals surface area contributed by atoms with Crippen LogP contribution in [0.1, 0.15) is 23.2 Å². The minimum atomic E-state index is -0.258. The second-order valence-electron chi connectivity index (χ2n) is 6.43. The number of fused-ring (bicyclic) bond motifs is 1. The molecule has 0 spiro atoms. The predicted octanol–water partition coefficient (Wildman–Crippen LogP) is 2.63. The quantitative estimate of drug-likeness (QED) is 0.374. The number of carbonyl (C=O) groups is 1. The number of hydrogen-bond donors (Lipinski definition) is 1. The Balaban J connectivity index is 1.52. The molecule has 0 atom stereocenters. The largest absolute Gasteiger partial charge is 0.356 e. The first-order valence-electron chi connectivity index (χ1n) is 9.08. The molecule has 1 fully saturated rings. The lowest BCUT2D eigenvalue weighted by Gasteiger charge is -2.17. The van der Waals surface area contributed by atoms with Crippen LogP contribution in [0.15, 0.2) is 29.7 Å². The molecule has 8 nitrogen and oxygen atoms in total. The Morgan fingerprint density at radius 3 is 2.89 bits per heavy atom. The zero-order chi connectivity index (χ0) is 19.5. The van der Waals surface area contributed by atoms with Gasteiger partial charge in [0, 0.05) is 25.8 Å². The lowest BCUT2D eigenvalue weighted by molar-refractivity contribution is 0.0952. The SMILES string of the molecule is CSc1nc(N2CCCC2)c2cnn(CCNC(=O)c3cccnc3Cl)c2n1. The predicted molar refractivity (Wildman–Crippen MR) is 110 cm³/mol. The van der Waals surface area contributed by atoms with Crippen molar-refractivity contribution in [3.63, 3.8) is 0 Å². The number of carbonyl (C=O) groups excluding carboxylic acids is 1. The molecule has 3 aromatic rings. The van der Waals surface area contributed by atoms with Gasteiger partial charge in [-0.15, -0.1) is 0 Å². The van der Waals surface area contributed by atoms with Crippen LogP contribution >= 0.6 is 23.4 Å². The lowest BCUT2D eigenvalue weighted by atomic mass is 10.2. The molecule has 0 bridgehead atoms. The maximum absolute atomic E-state index is 12.3. The van der Waals surface area contributed by atoms with E-state index < -0.39 is 0 Å². The van der Waals surface area contributed by atoms with Crippen molar-refractivity contribution < 1.29 is 4.79 Å². The van der Waals surface area contributed by atoms with E-state index in [1.807, 2.05) is 12.5 Å². The van der Waals surface area contributed by atoms with Crippen LogP contribution in [0.25, 0.3) is 11.0 Å². The van der Waals surface area contributed by atoms with Gasteiger partial charge in [0.2, 0.25) is 0 Å². The summed E-state index contributed by atoms with van der Waals surface area (Å²) in [5, 5.41) is 9.20. The highest BCUT2D eigenvalue weighted by atomic mass is 35.5. The number of amides is 1. The van der Waals surface area contributed by atoms with Crippen molar-refractivity contribution >= 4 is 46.1 Å². The fourth-order valence-corrected chi connectivity index (χ4v) is 3.83. The molecule has 28 heavy (non-hydrogen) atoms. The molecule has 3 aromatic heterocycles. The molecule has 10 heteroatoms. The maximum Gasteiger partial charge on any atom is 0.254 e. The summed E-state index contributed by atoms with van der Waals surface area (Å²) >= 11 is 7.49. The van der Waals surface area contributed by atoms with Crippen molar-refractivity contribution in [2.75, 3.05) is 30.8 Å². The summed E-state index contributed by atoms with van der Waals surface area (Å²) in [4.78, 5) is 27.9. The van der Waals surface area contributed by atoms with Gasteiger partial charge in [-0.2, -0.15) is 5.10 Å². The van der Waals surface area contributed by atoms with Gasteiger partial charge in [0.25, 0.3) is 5.91 Å². The fourth-order valence-electron chi connectivity index (χ4n) is 3.27. The Bertz CT molecular complexity index is 1000. The van der Waals surface area contributed by atoms with Crippen LogP contribution in [-0.2, 0) is 6.54 Å². The first-order valence-corrected chi connectivity index (χ1v) is 10.7. The smallest absolute Gasteiger partial charge is 0.254 e. The lowest BCUT2D eigenvalue weighted by Crippen LogP contribution is -2.28. The third-order valence-corrected chi connectivity index (χ3v) is 5.51. The molecule has 0 aliphatic carbocycles. The zero-order valence-corrected chi connectivity index (χ0v) is 17.0. The van der Waals surface area contributed by atoms with E-state index in [4.69, 9.17) is 16.6 Å². The van der Waals surface area contributed by atoms with E-state index in [-0.39, 0.29) is 11.1 Å². The van der Waals surface area contributed by atoms with Crippen LogP contribution in [0, 0.1) is 0 Å². The number of hydrogen-bond acceptors (Lipinski definition) is 7. The highest BCUT2D eigenvalue weighted by Crippen LogP contribution is 2.28. The van der Waals surface area contributed by atoms with Gasteiger partial charge < -0.3 is 10.2 Å². The van der Waals surface area contributed by atoms with Gasteiger partial charge in [-0.1, -0.05) is 23.4 Å². The Morgan fingerprint density at radius 1 is 1.32 bits per heavy atom. The van der Waals surface area contributed by atoms with Gasteiger partial charge in [0.1, 0.15) is 11.0 Å². The number of nitrogens with one attached hydrogen (secondary N) is 1. The molecule has 1 saturated heterocycles. The molecule has 0 radical (unpaired) electrons. The van der Waals surface area contributed by atoms with E-state index in [1.165, 1.54) is 24.6 Å². The average molecular weight is 418 g/mol. The molecule has 4 heterocycles. The molecule has 146 valence electrons. The molecule has 0 saturated carbocycles. The average Bonchev–Trinajstić information content (AvgIpc) is 3.38. The highest BCUT2D eigenvalue weighted by Gasteiger charge is 2.20. The number of thioether (sulfide) groups is 1. The second kappa shape index (κ2) is 8.32. The van der Waals surface area contributed by atoms with Crippen molar-refractivity contribution in [1.82, 2.24) is 30.0 Å². The molecule has 1 N–H and O–H groups in total. The van der Waals surface area contributed by atoms with Crippen LogP contribution in [0.5, 0.6) is 0 Å². The van der Waals surface area contributed by atoms with Crippen molar-refractivity contribution in [2.24, 2.45) is 0 Å². The molecule has 4 rings (SSSR count). The Labute approximate surface area is 171 Å². The van der Waals surface area contributed by atoms with Crippen molar-refractivity contribution in [3.05, 3.63) is 35.2 Å². The summed E-state index contributed by atoms with van der Waals surface area (Å²) in [7, 11) is 0. The molecule has 1 aliphatic heterocycles. The van der Waals surface area contributed by atoms with Crippen molar-refractivity contribution in [1.29, 1.82) is 0 Å². The first-order chi connectivity index (χ1) is 13.7. The summed E-state index contributed by atoms with van der Waals surface area (Å²) in [5.74, 6) is 0.691.